The van der Waals surface area contributed by atoms with E-state index in [0.717, 1.165) is 0 Å². The Morgan fingerprint density at radius 3 is 1.42 bits per heavy atom. The molecule has 0 spiro atoms. The van der Waals surface area contributed by atoms with E-state index in [-0.39, 0.29) is 50.5 Å². The summed E-state index contributed by atoms with van der Waals surface area (Å²) < 4.78 is 0. The SMILES string of the molecule is O=C(O)c1ccc(O)c(C=Nc2ccccc2N=Cc2cc(C(=O)O)ccc2O)c1.[Co]. The van der Waals surface area contributed by atoms with Crippen molar-refractivity contribution in [1.29, 1.82) is 0 Å². The number of para-hydroxylation sites is 2. The first-order valence-electron chi connectivity index (χ1n) is 8.65. The number of benzene rings is 3. The van der Waals surface area contributed by atoms with Gasteiger partial charge in [0, 0.05) is 40.3 Å². The van der Waals surface area contributed by atoms with Crippen LogP contribution in [0.15, 0.2) is 70.6 Å². The molecular weight excluding hydrogens is 447 g/mol. The van der Waals surface area contributed by atoms with E-state index in [9.17, 15) is 19.8 Å². The van der Waals surface area contributed by atoms with Crippen LogP contribution in [0.3, 0.4) is 0 Å². The average Bonchev–Trinajstić information content (AvgIpc) is 2.72. The van der Waals surface area contributed by atoms with Crippen LogP contribution in [0.4, 0.5) is 11.4 Å². The van der Waals surface area contributed by atoms with Gasteiger partial charge in [-0.25, -0.2) is 9.59 Å². The first kappa shape index (κ1) is 23.3. The fourth-order valence-corrected chi connectivity index (χ4v) is 2.54. The summed E-state index contributed by atoms with van der Waals surface area (Å²) in [6.45, 7) is 0. The predicted octanol–water partition coefficient (Wildman–Crippen LogP) is 3.99. The summed E-state index contributed by atoms with van der Waals surface area (Å²) in [5, 5.41) is 38.0. The van der Waals surface area contributed by atoms with Crippen LogP contribution >= 0.6 is 0 Å². The second-order valence-corrected chi connectivity index (χ2v) is 6.16. The van der Waals surface area contributed by atoms with Gasteiger partial charge in [-0.1, -0.05) is 12.1 Å². The first-order valence-corrected chi connectivity index (χ1v) is 8.65. The molecule has 0 aliphatic heterocycles. The molecule has 0 atom stereocenters. The number of hydrogen-bond acceptors (Lipinski definition) is 6. The van der Waals surface area contributed by atoms with Crippen molar-refractivity contribution < 1.29 is 46.8 Å². The van der Waals surface area contributed by atoms with Gasteiger partial charge < -0.3 is 20.4 Å². The van der Waals surface area contributed by atoms with Gasteiger partial charge in [-0.05, 0) is 48.5 Å². The van der Waals surface area contributed by atoms with E-state index >= 15 is 0 Å². The second-order valence-electron chi connectivity index (χ2n) is 6.16. The standard InChI is InChI=1S/C22H16N2O6.Co/c25-19-7-5-13(21(27)28)9-15(19)11-23-17-3-1-2-4-18(17)24-12-16-10-14(22(29)30)6-8-20(16)26;/h1-12,25-26H,(H,27,28)(H,29,30);. The second kappa shape index (κ2) is 10.2. The number of phenols is 2. The molecule has 0 bridgehead atoms. The van der Waals surface area contributed by atoms with E-state index in [1.807, 2.05) is 0 Å². The van der Waals surface area contributed by atoms with Gasteiger partial charge in [0.05, 0.1) is 22.5 Å². The Labute approximate surface area is 187 Å². The number of aromatic carboxylic acids is 2. The average molecular weight is 463 g/mol. The molecule has 4 N–H and O–H groups in total. The molecule has 31 heavy (non-hydrogen) atoms. The minimum Gasteiger partial charge on any atom is -0.507 e. The summed E-state index contributed by atoms with van der Waals surface area (Å²) in [7, 11) is 0. The number of carbonyl (C=O) groups is 2. The number of carboxylic acids is 2. The number of aromatic hydroxyl groups is 2. The van der Waals surface area contributed by atoms with Gasteiger partial charge in [-0.15, -0.1) is 0 Å². The normalized spacial score (nSPS) is 10.8. The van der Waals surface area contributed by atoms with E-state index in [0.29, 0.717) is 11.4 Å². The summed E-state index contributed by atoms with van der Waals surface area (Å²) in [5.41, 5.74) is 1.30. The van der Waals surface area contributed by atoms with Crippen molar-refractivity contribution >= 4 is 35.7 Å². The maximum atomic E-state index is 11.1. The van der Waals surface area contributed by atoms with E-state index in [2.05, 4.69) is 9.98 Å². The van der Waals surface area contributed by atoms with Crippen LogP contribution in [0.25, 0.3) is 0 Å². The summed E-state index contributed by atoms with van der Waals surface area (Å²) in [5.74, 6) is -2.50. The van der Waals surface area contributed by atoms with Gasteiger partial charge in [0.15, 0.2) is 0 Å². The Balaban J connectivity index is 0.00000341. The number of rotatable bonds is 6. The molecule has 0 aromatic heterocycles. The van der Waals surface area contributed by atoms with Crippen LogP contribution in [0, 0.1) is 0 Å². The Hall–Kier alpha value is -3.95. The molecule has 0 amide bonds. The molecule has 0 aliphatic carbocycles. The van der Waals surface area contributed by atoms with Crippen LogP contribution in [0.1, 0.15) is 31.8 Å². The monoisotopic (exact) mass is 463 g/mol. The van der Waals surface area contributed by atoms with Crippen LogP contribution in [-0.4, -0.2) is 44.8 Å². The van der Waals surface area contributed by atoms with E-state index < -0.39 is 11.9 Å². The minimum absolute atomic E-state index is 0. The molecular formula is C22H16CoN2O6. The molecule has 0 aliphatic rings. The summed E-state index contributed by atoms with van der Waals surface area (Å²) in [6, 6.07) is 14.5. The number of hydrogen-bond donors (Lipinski definition) is 4. The van der Waals surface area contributed by atoms with Crippen molar-refractivity contribution in [1.82, 2.24) is 0 Å². The third kappa shape index (κ3) is 5.78. The molecule has 3 aromatic rings. The number of nitrogens with zero attached hydrogens (tertiary/aromatic N) is 2. The molecule has 0 saturated heterocycles. The van der Waals surface area contributed by atoms with E-state index in [1.54, 1.807) is 24.3 Å². The van der Waals surface area contributed by atoms with Gasteiger partial charge in [-0.3, -0.25) is 9.98 Å². The zero-order valence-corrected chi connectivity index (χ0v) is 16.8. The summed E-state index contributed by atoms with van der Waals surface area (Å²) in [4.78, 5) is 30.7. The maximum Gasteiger partial charge on any atom is 0.335 e. The topological polar surface area (TPSA) is 140 Å². The third-order valence-electron chi connectivity index (χ3n) is 4.12. The largest absolute Gasteiger partial charge is 0.507 e. The number of aliphatic imine (C=N–C) groups is 2. The Kier molecular flexibility index (Phi) is 7.67. The van der Waals surface area contributed by atoms with Crippen LogP contribution in [0.2, 0.25) is 0 Å². The zero-order chi connectivity index (χ0) is 21.7. The molecule has 8 nitrogen and oxygen atoms in total. The maximum absolute atomic E-state index is 11.1. The molecule has 0 fully saturated rings. The van der Waals surface area contributed by atoms with E-state index in [4.69, 9.17) is 10.2 Å². The quantitative estimate of drug-likeness (QED) is 0.408. The Morgan fingerprint density at radius 1 is 0.677 bits per heavy atom. The van der Waals surface area contributed by atoms with Gasteiger partial charge in [0.1, 0.15) is 11.5 Å². The number of carboxylic acid groups (broad SMARTS) is 2. The Bertz CT molecular complexity index is 1100. The number of phenolic OH excluding ortho intramolecular Hbond substituents is 2. The Morgan fingerprint density at radius 2 is 1.06 bits per heavy atom. The molecule has 9 heteroatoms. The predicted molar refractivity (Wildman–Crippen MR) is 111 cm³/mol. The smallest absolute Gasteiger partial charge is 0.335 e. The fourth-order valence-electron chi connectivity index (χ4n) is 2.54. The van der Waals surface area contributed by atoms with Crippen molar-refractivity contribution in [3.8, 4) is 11.5 Å². The van der Waals surface area contributed by atoms with Crippen LogP contribution in [-0.2, 0) is 16.8 Å². The molecule has 3 rings (SSSR count). The van der Waals surface area contributed by atoms with Gasteiger partial charge in [0.25, 0.3) is 0 Å². The van der Waals surface area contributed by atoms with Crippen molar-refractivity contribution in [3.05, 3.63) is 82.9 Å². The summed E-state index contributed by atoms with van der Waals surface area (Å²) in [6.07, 6.45) is 2.64. The zero-order valence-electron chi connectivity index (χ0n) is 15.8. The molecule has 0 saturated carbocycles. The van der Waals surface area contributed by atoms with Crippen LogP contribution in [0.5, 0.6) is 11.5 Å². The third-order valence-corrected chi connectivity index (χ3v) is 4.12. The van der Waals surface area contributed by atoms with Crippen LogP contribution < -0.4 is 0 Å². The van der Waals surface area contributed by atoms with E-state index in [1.165, 1.54) is 48.8 Å². The van der Waals surface area contributed by atoms with Crippen molar-refractivity contribution in [3.63, 3.8) is 0 Å². The molecule has 0 unspecified atom stereocenters. The molecule has 159 valence electrons. The van der Waals surface area contributed by atoms with Crippen molar-refractivity contribution in [2.45, 2.75) is 0 Å². The first-order chi connectivity index (χ1) is 14.3. The fraction of sp³-hybridized carbons (Fsp3) is 0. The molecule has 0 heterocycles. The van der Waals surface area contributed by atoms with Crippen molar-refractivity contribution in [2.75, 3.05) is 0 Å². The van der Waals surface area contributed by atoms with Gasteiger partial charge in [-0.2, -0.15) is 0 Å². The molecule has 1 radical (unpaired) electrons. The van der Waals surface area contributed by atoms with Gasteiger partial charge >= 0.3 is 11.9 Å². The van der Waals surface area contributed by atoms with Crippen molar-refractivity contribution in [2.24, 2.45) is 9.98 Å². The summed E-state index contributed by atoms with van der Waals surface area (Å²) >= 11 is 0. The molecule has 3 aromatic carbocycles. The minimum atomic E-state index is -1.13. The van der Waals surface area contributed by atoms with Gasteiger partial charge in [0.2, 0.25) is 0 Å².